The third kappa shape index (κ3) is 5.71. The zero-order valence-electron chi connectivity index (χ0n) is 21.0. The number of thiazole rings is 1. The van der Waals surface area contributed by atoms with Crippen molar-refractivity contribution < 1.29 is 23.8 Å². The lowest BCUT2D eigenvalue weighted by molar-refractivity contribution is -0.139. The molecule has 1 aliphatic rings. The molecule has 10 heteroatoms. The summed E-state index contributed by atoms with van der Waals surface area (Å²) in [6, 6.07) is 11.6. The Morgan fingerprint density at radius 1 is 1.21 bits per heavy atom. The predicted octanol–water partition coefficient (Wildman–Crippen LogP) is 4.05. The first-order valence-electron chi connectivity index (χ1n) is 11.7. The minimum Gasteiger partial charge on any atom is -0.490 e. The maximum atomic E-state index is 13.8. The van der Waals surface area contributed by atoms with E-state index < -0.39 is 18.0 Å². The number of allylic oxidation sites excluding steroid dienone is 1. The summed E-state index contributed by atoms with van der Waals surface area (Å²) >= 11 is 4.61. The van der Waals surface area contributed by atoms with Gasteiger partial charge in [0.15, 0.2) is 4.80 Å². The summed E-state index contributed by atoms with van der Waals surface area (Å²) < 4.78 is 18.9. The fraction of sp³-hybridized carbons (Fsp3) is 0.214. The molecular weight excluding hydrogens is 572 g/mol. The number of nitrogens with zero attached hydrogens (tertiary/aromatic N) is 2. The van der Waals surface area contributed by atoms with E-state index in [-0.39, 0.29) is 17.7 Å². The summed E-state index contributed by atoms with van der Waals surface area (Å²) in [6.07, 6.45) is 3.30. The van der Waals surface area contributed by atoms with E-state index in [1.807, 2.05) is 12.1 Å². The van der Waals surface area contributed by atoms with Crippen LogP contribution in [0.3, 0.4) is 0 Å². The molecule has 38 heavy (non-hydrogen) atoms. The van der Waals surface area contributed by atoms with E-state index in [4.69, 9.17) is 14.2 Å². The van der Waals surface area contributed by atoms with Gasteiger partial charge in [0.05, 0.1) is 28.5 Å². The molecule has 0 amide bonds. The summed E-state index contributed by atoms with van der Waals surface area (Å²) in [5.74, 6) is -0.0588. The Morgan fingerprint density at radius 3 is 2.61 bits per heavy atom. The molecule has 0 saturated carbocycles. The summed E-state index contributed by atoms with van der Waals surface area (Å²) in [5, 5.41) is 0. The molecule has 0 bridgehead atoms. The van der Waals surface area contributed by atoms with Gasteiger partial charge in [-0.3, -0.25) is 14.2 Å². The van der Waals surface area contributed by atoms with Crippen molar-refractivity contribution in [2.45, 2.75) is 26.8 Å². The van der Waals surface area contributed by atoms with E-state index in [9.17, 15) is 14.4 Å². The Hall–Kier alpha value is -3.76. The highest BCUT2D eigenvalue weighted by Gasteiger charge is 2.33. The van der Waals surface area contributed by atoms with Crippen LogP contribution in [-0.4, -0.2) is 29.7 Å². The Kier molecular flexibility index (Phi) is 8.43. The van der Waals surface area contributed by atoms with Gasteiger partial charge in [-0.15, -0.1) is 0 Å². The van der Waals surface area contributed by atoms with Gasteiger partial charge in [-0.25, -0.2) is 9.79 Å². The molecule has 1 aromatic heterocycles. The largest absolute Gasteiger partial charge is 0.490 e. The standard InChI is InChI=1S/C28H25BrN2O6S/c1-5-13-36-21-10-7-18(8-11-21)25-24(27(34)35-6-2)16(3)30-28-31(25)26(33)23(38-28)15-19-14-20(29)9-12-22(19)37-17(4)32/h5,7-12,14-15,25H,1,6,13H2,2-4H3/t25-/m0/s1. The molecule has 0 spiro atoms. The van der Waals surface area contributed by atoms with Crippen molar-refractivity contribution in [3.63, 3.8) is 0 Å². The van der Waals surface area contributed by atoms with Gasteiger partial charge in [0, 0.05) is 17.0 Å². The molecule has 0 saturated heterocycles. The number of ether oxygens (including phenoxy) is 3. The number of carbonyl (C=O) groups is 2. The molecule has 2 aromatic carbocycles. The van der Waals surface area contributed by atoms with Crippen LogP contribution in [0.25, 0.3) is 6.08 Å². The molecule has 0 unspecified atom stereocenters. The predicted molar refractivity (Wildman–Crippen MR) is 148 cm³/mol. The van der Waals surface area contributed by atoms with Crippen LogP contribution in [0, 0.1) is 0 Å². The van der Waals surface area contributed by atoms with E-state index in [1.165, 1.54) is 22.8 Å². The first kappa shape index (κ1) is 27.3. The van der Waals surface area contributed by atoms with Crippen molar-refractivity contribution >= 4 is 45.3 Å². The number of hydrogen-bond donors (Lipinski definition) is 0. The third-order valence-electron chi connectivity index (χ3n) is 5.59. The summed E-state index contributed by atoms with van der Waals surface area (Å²) in [6.45, 7) is 8.96. The van der Waals surface area contributed by atoms with E-state index in [2.05, 4.69) is 27.5 Å². The van der Waals surface area contributed by atoms with Crippen LogP contribution in [0.5, 0.6) is 11.5 Å². The van der Waals surface area contributed by atoms with Gasteiger partial charge in [-0.05, 0) is 55.8 Å². The van der Waals surface area contributed by atoms with Crippen LogP contribution >= 0.6 is 27.3 Å². The number of carbonyl (C=O) groups excluding carboxylic acids is 2. The first-order valence-corrected chi connectivity index (χ1v) is 13.4. The maximum Gasteiger partial charge on any atom is 0.338 e. The van der Waals surface area contributed by atoms with Crippen LogP contribution in [-0.2, 0) is 14.3 Å². The van der Waals surface area contributed by atoms with Gasteiger partial charge >= 0.3 is 11.9 Å². The summed E-state index contributed by atoms with van der Waals surface area (Å²) in [5.41, 5.74) is 1.66. The van der Waals surface area contributed by atoms with Crippen molar-refractivity contribution in [1.29, 1.82) is 0 Å². The lowest BCUT2D eigenvalue weighted by Gasteiger charge is -2.24. The number of benzene rings is 2. The quantitative estimate of drug-likeness (QED) is 0.221. The molecule has 0 aliphatic carbocycles. The molecule has 2 heterocycles. The van der Waals surface area contributed by atoms with Gasteiger partial charge in [0.1, 0.15) is 18.1 Å². The number of esters is 2. The fourth-order valence-electron chi connectivity index (χ4n) is 4.03. The normalized spacial score (nSPS) is 14.9. The second-order valence-electron chi connectivity index (χ2n) is 8.25. The molecule has 3 aromatic rings. The zero-order chi connectivity index (χ0) is 27.4. The number of rotatable bonds is 8. The molecule has 1 aliphatic heterocycles. The van der Waals surface area contributed by atoms with E-state index >= 15 is 0 Å². The third-order valence-corrected chi connectivity index (χ3v) is 7.07. The van der Waals surface area contributed by atoms with Gasteiger partial charge in [0.2, 0.25) is 0 Å². The Labute approximate surface area is 231 Å². The molecule has 0 N–H and O–H groups in total. The molecule has 8 nitrogen and oxygen atoms in total. The molecule has 1 atom stereocenters. The highest BCUT2D eigenvalue weighted by atomic mass is 79.9. The van der Waals surface area contributed by atoms with Gasteiger partial charge < -0.3 is 14.2 Å². The Balaban J connectivity index is 1.91. The van der Waals surface area contributed by atoms with Crippen LogP contribution in [0.1, 0.15) is 37.9 Å². The zero-order valence-corrected chi connectivity index (χ0v) is 23.4. The number of hydrogen-bond acceptors (Lipinski definition) is 8. The molecule has 4 rings (SSSR count). The van der Waals surface area contributed by atoms with E-state index in [0.29, 0.717) is 44.3 Å². The maximum absolute atomic E-state index is 13.8. The highest BCUT2D eigenvalue weighted by Crippen LogP contribution is 2.32. The van der Waals surface area contributed by atoms with Crippen LogP contribution in [0.15, 0.2) is 80.6 Å². The minimum absolute atomic E-state index is 0.183. The second-order valence-corrected chi connectivity index (χ2v) is 10.2. The van der Waals surface area contributed by atoms with Gasteiger partial charge in [-0.2, -0.15) is 0 Å². The molecule has 0 fully saturated rings. The molecular formula is C28H25BrN2O6S. The number of aromatic nitrogens is 1. The smallest absolute Gasteiger partial charge is 0.338 e. The lowest BCUT2D eigenvalue weighted by atomic mass is 9.96. The van der Waals surface area contributed by atoms with E-state index in [1.54, 1.807) is 56.3 Å². The van der Waals surface area contributed by atoms with Crippen LogP contribution in [0.2, 0.25) is 0 Å². The van der Waals surface area contributed by atoms with Crippen molar-refractivity contribution in [2.24, 2.45) is 4.99 Å². The van der Waals surface area contributed by atoms with Crippen LogP contribution in [0.4, 0.5) is 0 Å². The Morgan fingerprint density at radius 2 is 1.95 bits per heavy atom. The van der Waals surface area contributed by atoms with Gasteiger partial charge in [0.25, 0.3) is 5.56 Å². The highest BCUT2D eigenvalue weighted by molar-refractivity contribution is 9.10. The van der Waals surface area contributed by atoms with Crippen molar-refractivity contribution in [3.8, 4) is 11.5 Å². The Bertz CT molecular complexity index is 1620. The topological polar surface area (TPSA) is 96.2 Å². The number of halogens is 1. The van der Waals surface area contributed by atoms with E-state index in [0.717, 1.165) is 4.47 Å². The van der Waals surface area contributed by atoms with Crippen molar-refractivity contribution in [1.82, 2.24) is 4.57 Å². The van der Waals surface area contributed by atoms with Crippen LogP contribution < -0.4 is 24.4 Å². The average Bonchev–Trinajstić information content (AvgIpc) is 3.18. The number of fused-ring (bicyclic) bond motifs is 1. The monoisotopic (exact) mass is 596 g/mol. The molecule has 196 valence electrons. The van der Waals surface area contributed by atoms with Gasteiger partial charge in [-0.1, -0.05) is 52.1 Å². The average molecular weight is 597 g/mol. The van der Waals surface area contributed by atoms with Crippen molar-refractivity contribution in [2.75, 3.05) is 13.2 Å². The molecule has 0 radical (unpaired) electrons. The SMILES string of the molecule is C=CCOc1ccc([C@H]2C(C(=O)OCC)=C(C)N=c3sc(=Cc4cc(Br)ccc4OC(C)=O)c(=O)n32)cc1. The fourth-order valence-corrected chi connectivity index (χ4v) is 5.45. The van der Waals surface area contributed by atoms with Crippen molar-refractivity contribution in [3.05, 3.63) is 102 Å². The summed E-state index contributed by atoms with van der Waals surface area (Å²) in [4.78, 5) is 43.5. The second kappa shape index (κ2) is 11.7. The summed E-state index contributed by atoms with van der Waals surface area (Å²) in [7, 11) is 0. The lowest BCUT2D eigenvalue weighted by Crippen LogP contribution is -2.39. The minimum atomic E-state index is -0.753. The first-order chi connectivity index (χ1) is 18.2.